The lowest BCUT2D eigenvalue weighted by molar-refractivity contribution is 0.0697. The van der Waals surface area contributed by atoms with Gasteiger partial charge in [0.15, 0.2) is 5.11 Å². The Balaban J connectivity index is 3.21. The largest absolute Gasteiger partial charge is 0.478 e. The van der Waals surface area contributed by atoms with Gasteiger partial charge in [-0.1, -0.05) is 11.6 Å². The molecule has 0 aliphatic carbocycles. The van der Waals surface area contributed by atoms with Crippen LogP contribution in [0.5, 0.6) is 0 Å². The third-order valence-electron chi connectivity index (χ3n) is 1.54. The number of aromatic carboxylic acids is 1. The molecule has 0 aliphatic heterocycles. The molecule has 0 aliphatic rings. The summed E-state index contributed by atoms with van der Waals surface area (Å²) in [7, 11) is 0. The fourth-order valence-corrected chi connectivity index (χ4v) is 1.98. The molecule has 4 nitrogen and oxygen atoms in total. The minimum atomic E-state index is -1.06. The summed E-state index contributed by atoms with van der Waals surface area (Å²) in [5.74, 6) is -1.06. The first-order valence-corrected chi connectivity index (χ1v) is 5.28. The average Bonchev–Trinajstić information content (AvgIpc) is 2.10. The van der Waals surface area contributed by atoms with Crippen LogP contribution in [0, 0.1) is 0 Å². The van der Waals surface area contributed by atoms with Crippen LogP contribution in [0.3, 0.4) is 0 Å². The summed E-state index contributed by atoms with van der Waals surface area (Å²) in [5, 5.41) is 11.7. The quantitative estimate of drug-likeness (QED) is 0.732. The molecule has 1 aromatic carbocycles. The van der Waals surface area contributed by atoms with Gasteiger partial charge in [-0.25, -0.2) is 4.79 Å². The van der Waals surface area contributed by atoms with Crippen molar-refractivity contribution >= 4 is 56.5 Å². The van der Waals surface area contributed by atoms with E-state index in [9.17, 15) is 4.79 Å². The van der Waals surface area contributed by atoms with E-state index >= 15 is 0 Å². The molecule has 0 heterocycles. The lowest BCUT2D eigenvalue weighted by Gasteiger charge is -2.09. The van der Waals surface area contributed by atoms with Crippen molar-refractivity contribution in [3.05, 3.63) is 27.2 Å². The van der Waals surface area contributed by atoms with E-state index < -0.39 is 5.97 Å². The highest BCUT2D eigenvalue weighted by Crippen LogP contribution is 2.32. The van der Waals surface area contributed by atoms with Crippen LogP contribution in [0.4, 0.5) is 5.69 Å². The van der Waals surface area contributed by atoms with E-state index in [4.69, 9.17) is 22.4 Å². The predicted molar refractivity (Wildman–Crippen MR) is 66.5 cm³/mol. The summed E-state index contributed by atoms with van der Waals surface area (Å²) in [5.41, 5.74) is 5.82. The number of thiocarbonyl (C=S) groups is 1. The number of carbonyl (C=O) groups is 1. The first kappa shape index (κ1) is 12.2. The van der Waals surface area contributed by atoms with Crippen LogP contribution in [0.1, 0.15) is 10.4 Å². The maximum Gasteiger partial charge on any atom is 0.335 e. The molecule has 0 bridgehead atoms. The fraction of sp³-hybridized carbons (Fsp3) is 0. The molecule has 0 unspecified atom stereocenters. The lowest BCUT2D eigenvalue weighted by atomic mass is 10.2. The van der Waals surface area contributed by atoms with Crippen molar-refractivity contribution < 1.29 is 9.90 Å². The highest BCUT2D eigenvalue weighted by Gasteiger charge is 2.11. The van der Waals surface area contributed by atoms with E-state index in [0.717, 1.165) is 0 Å². The summed E-state index contributed by atoms with van der Waals surface area (Å²) >= 11 is 13.7. The van der Waals surface area contributed by atoms with Crippen LogP contribution in [0.25, 0.3) is 0 Å². The molecule has 7 heteroatoms. The molecule has 0 atom stereocenters. The van der Waals surface area contributed by atoms with Crippen molar-refractivity contribution in [2.24, 2.45) is 5.73 Å². The van der Waals surface area contributed by atoms with Gasteiger partial charge in [-0.3, -0.25) is 0 Å². The number of halogens is 2. The van der Waals surface area contributed by atoms with Crippen molar-refractivity contribution in [2.75, 3.05) is 5.32 Å². The molecule has 0 aromatic heterocycles. The van der Waals surface area contributed by atoms with Gasteiger partial charge in [0.05, 0.1) is 16.3 Å². The molecule has 80 valence electrons. The highest BCUT2D eigenvalue weighted by atomic mass is 79.9. The molecule has 1 aromatic rings. The van der Waals surface area contributed by atoms with Gasteiger partial charge >= 0.3 is 5.97 Å². The van der Waals surface area contributed by atoms with E-state index in [0.29, 0.717) is 10.2 Å². The third kappa shape index (κ3) is 3.05. The number of benzene rings is 1. The molecule has 1 rings (SSSR count). The van der Waals surface area contributed by atoms with E-state index in [2.05, 4.69) is 33.5 Å². The predicted octanol–water partition coefficient (Wildman–Crippen LogP) is 2.46. The van der Waals surface area contributed by atoms with E-state index in [-0.39, 0.29) is 15.7 Å². The minimum Gasteiger partial charge on any atom is -0.478 e. The Morgan fingerprint density at radius 2 is 2.20 bits per heavy atom. The van der Waals surface area contributed by atoms with E-state index in [1.54, 1.807) is 0 Å². The van der Waals surface area contributed by atoms with Crippen molar-refractivity contribution in [2.45, 2.75) is 0 Å². The third-order valence-corrected chi connectivity index (χ3v) is 2.56. The van der Waals surface area contributed by atoms with Gasteiger partial charge < -0.3 is 16.2 Å². The average molecular weight is 310 g/mol. The van der Waals surface area contributed by atoms with Gasteiger partial charge in [-0.05, 0) is 40.3 Å². The highest BCUT2D eigenvalue weighted by molar-refractivity contribution is 9.10. The van der Waals surface area contributed by atoms with Gasteiger partial charge in [0.25, 0.3) is 0 Å². The molecular weight excluding hydrogens is 304 g/mol. The van der Waals surface area contributed by atoms with Crippen LogP contribution < -0.4 is 11.1 Å². The molecule has 0 amide bonds. The molecule has 0 saturated heterocycles. The second kappa shape index (κ2) is 4.78. The Hall–Kier alpha value is -0.850. The first-order chi connectivity index (χ1) is 6.91. The second-order valence-corrected chi connectivity index (χ2v) is 4.31. The van der Waals surface area contributed by atoms with Crippen molar-refractivity contribution in [1.29, 1.82) is 0 Å². The molecule has 0 saturated carbocycles. The van der Waals surface area contributed by atoms with Gasteiger partial charge in [0.1, 0.15) is 0 Å². The van der Waals surface area contributed by atoms with Crippen LogP contribution in [-0.2, 0) is 0 Å². The van der Waals surface area contributed by atoms with Crippen LogP contribution in [0.15, 0.2) is 16.6 Å². The molecule has 0 radical (unpaired) electrons. The molecule has 0 spiro atoms. The number of rotatable bonds is 2. The van der Waals surface area contributed by atoms with E-state index in [1.807, 2.05) is 0 Å². The normalized spacial score (nSPS) is 9.73. The Labute approximate surface area is 105 Å². The molecule has 0 fully saturated rings. The zero-order valence-electron chi connectivity index (χ0n) is 7.25. The van der Waals surface area contributed by atoms with Gasteiger partial charge in [-0.15, -0.1) is 0 Å². The summed E-state index contributed by atoms with van der Waals surface area (Å²) in [6.07, 6.45) is 0. The summed E-state index contributed by atoms with van der Waals surface area (Å²) in [6.45, 7) is 0. The van der Waals surface area contributed by atoms with Gasteiger partial charge in [-0.2, -0.15) is 0 Å². The number of nitrogens with two attached hydrogens (primary N) is 1. The maximum atomic E-state index is 10.7. The van der Waals surface area contributed by atoms with Crippen molar-refractivity contribution in [3.63, 3.8) is 0 Å². The zero-order valence-corrected chi connectivity index (χ0v) is 10.4. The summed E-state index contributed by atoms with van der Waals surface area (Å²) in [4.78, 5) is 10.7. The Bertz CT molecular complexity index is 416. The Morgan fingerprint density at radius 3 is 2.60 bits per heavy atom. The maximum absolute atomic E-state index is 10.7. The fourth-order valence-electron chi connectivity index (χ4n) is 0.939. The molecule has 4 N–H and O–H groups in total. The monoisotopic (exact) mass is 308 g/mol. The van der Waals surface area contributed by atoms with E-state index in [1.165, 1.54) is 12.1 Å². The molecule has 15 heavy (non-hydrogen) atoms. The smallest absolute Gasteiger partial charge is 0.335 e. The van der Waals surface area contributed by atoms with Gasteiger partial charge in [0.2, 0.25) is 0 Å². The number of nitrogens with one attached hydrogen (secondary N) is 1. The lowest BCUT2D eigenvalue weighted by Crippen LogP contribution is -2.19. The zero-order chi connectivity index (χ0) is 11.6. The van der Waals surface area contributed by atoms with Crippen molar-refractivity contribution in [3.8, 4) is 0 Å². The second-order valence-electron chi connectivity index (χ2n) is 2.61. The number of anilines is 1. The van der Waals surface area contributed by atoms with Crippen LogP contribution >= 0.6 is 39.7 Å². The minimum absolute atomic E-state index is 0.0562. The first-order valence-electron chi connectivity index (χ1n) is 3.70. The standard InChI is InChI=1S/C8H6BrClN2O2S/c9-4-1-3(7(13)14)2-5(10)6(4)12-8(11)15/h1-2H,(H,13,14)(H3,11,12,15). The summed E-state index contributed by atoms with van der Waals surface area (Å²) < 4.78 is 0.486. The topological polar surface area (TPSA) is 75.3 Å². The Kier molecular flexibility index (Phi) is 3.90. The number of hydrogen-bond acceptors (Lipinski definition) is 2. The molecular formula is C8H6BrClN2O2S. The SMILES string of the molecule is NC(=S)Nc1c(Cl)cc(C(=O)O)cc1Br. The summed E-state index contributed by atoms with van der Waals surface area (Å²) in [6, 6.07) is 2.73. The van der Waals surface area contributed by atoms with Gasteiger partial charge in [0, 0.05) is 4.47 Å². The number of carboxylic acids is 1. The number of carboxylic acid groups (broad SMARTS) is 1. The number of hydrogen-bond donors (Lipinski definition) is 3. The Morgan fingerprint density at radius 1 is 1.60 bits per heavy atom. The van der Waals surface area contributed by atoms with Crippen LogP contribution in [0.2, 0.25) is 5.02 Å². The van der Waals surface area contributed by atoms with Crippen molar-refractivity contribution in [1.82, 2.24) is 0 Å². The van der Waals surface area contributed by atoms with Crippen LogP contribution in [-0.4, -0.2) is 16.2 Å².